The zero-order chi connectivity index (χ0) is 9.73. The van der Waals surface area contributed by atoms with Gasteiger partial charge in [-0.3, -0.25) is 0 Å². The van der Waals surface area contributed by atoms with Crippen molar-refractivity contribution in [2.75, 3.05) is 27.1 Å². The molecule has 1 N–H and O–H groups in total. The van der Waals surface area contributed by atoms with Gasteiger partial charge in [-0.05, 0) is 6.92 Å². The third-order valence-electron chi connectivity index (χ3n) is 1.83. The fourth-order valence-electron chi connectivity index (χ4n) is 1.02. The molecule has 4 nitrogen and oxygen atoms in total. The first-order valence-electron chi connectivity index (χ1n) is 4.08. The molecule has 1 saturated heterocycles. The Bertz CT molecular complexity index is 217. The molecule has 0 aliphatic carbocycles. The Hall–Kier alpha value is -0.600. The van der Waals surface area contributed by atoms with E-state index in [1.165, 1.54) is 0 Å². The van der Waals surface area contributed by atoms with E-state index in [9.17, 15) is 0 Å². The molecule has 1 unspecified atom stereocenters. The molecule has 1 rings (SSSR count). The Balaban J connectivity index is 2.19. The Labute approximate surface area is 77.8 Å². The second kappa shape index (κ2) is 4.58. The number of aliphatic hydroxyl groups excluding tert-OH is 1. The van der Waals surface area contributed by atoms with Crippen LogP contribution in [0, 0.1) is 11.8 Å². The normalized spacial score (nSPS) is 30.8. The number of hydrogen-bond donors (Lipinski definition) is 1. The van der Waals surface area contributed by atoms with Crippen LogP contribution in [-0.4, -0.2) is 43.9 Å². The molecule has 74 valence electrons. The van der Waals surface area contributed by atoms with Gasteiger partial charge in [0.05, 0.1) is 6.61 Å². The SMILES string of the molecule is COCOCC1O[C@]1(C)C#CCO. The number of rotatable bonds is 4. The molecular formula is C9H14O4. The molecule has 0 aromatic carbocycles. The summed E-state index contributed by atoms with van der Waals surface area (Å²) in [5.74, 6) is 5.38. The number of ether oxygens (including phenoxy) is 3. The molecule has 4 heteroatoms. The maximum atomic E-state index is 8.48. The van der Waals surface area contributed by atoms with E-state index in [0.29, 0.717) is 6.61 Å². The maximum absolute atomic E-state index is 8.48. The summed E-state index contributed by atoms with van der Waals surface area (Å²) in [6.07, 6.45) is 0.00157. The van der Waals surface area contributed by atoms with Crippen molar-refractivity contribution in [1.82, 2.24) is 0 Å². The maximum Gasteiger partial charge on any atom is 0.154 e. The minimum absolute atomic E-state index is 0.00157. The van der Waals surface area contributed by atoms with Gasteiger partial charge in [0.15, 0.2) is 5.60 Å². The van der Waals surface area contributed by atoms with Gasteiger partial charge < -0.3 is 19.3 Å². The second-order valence-electron chi connectivity index (χ2n) is 2.95. The number of epoxide rings is 1. The van der Waals surface area contributed by atoms with Gasteiger partial charge in [0.1, 0.15) is 19.5 Å². The van der Waals surface area contributed by atoms with E-state index in [2.05, 4.69) is 11.8 Å². The fourth-order valence-corrected chi connectivity index (χ4v) is 1.02. The lowest BCUT2D eigenvalue weighted by Gasteiger charge is -1.99. The van der Waals surface area contributed by atoms with Gasteiger partial charge in [0.25, 0.3) is 0 Å². The standard InChI is InChI=1S/C9H14O4/c1-9(4-3-5-10)8(13-9)6-12-7-11-2/h8,10H,5-7H2,1-2H3/t8?,9-/m1/s1. The predicted molar refractivity (Wildman–Crippen MR) is 46.0 cm³/mol. The van der Waals surface area contributed by atoms with Crippen molar-refractivity contribution < 1.29 is 19.3 Å². The van der Waals surface area contributed by atoms with Gasteiger partial charge in [-0.1, -0.05) is 11.8 Å². The molecule has 0 aromatic heterocycles. The van der Waals surface area contributed by atoms with Gasteiger partial charge in [0.2, 0.25) is 0 Å². The highest BCUT2D eigenvalue weighted by atomic mass is 16.7. The van der Waals surface area contributed by atoms with Gasteiger partial charge in [-0.2, -0.15) is 0 Å². The van der Waals surface area contributed by atoms with E-state index in [1.807, 2.05) is 6.92 Å². The lowest BCUT2D eigenvalue weighted by Crippen LogP contribution is -2.13. The fraction of sp³-hybridized carbons (Fsp3) is 0.778. The third kappa shape index (κ3) is 2.98. The average Bonchev–Trinajstić information content (AvgIpc) is 2.75. The molecule has 0 saturated carbocycles. The minimum Gasteiger partial charge on any atom is -0.384 e. The highest BCUT2D eigenvalue weighted by molar-refractivity contribution is 5.23. The lowest BCUT2D eigenvalue weighted by atomic mass is 10.1. The van der Waals surface area contributed by atoms with Crippen molar-refractivity contribution >= 4 is 0 Å². The monoisotopic (exact) mass is 186 g/mol. The van der Waals surface area contributed by atoms with E-state index < -0.39 is 5.60 Å². The summed E-state index contributed by atoms with van der Waals surface area (Å²) >= 11 is 0. The summed E-state index contributed by atoms with van der Waals surface area (Å²) < 4.78 is 15.1. The van der Waals surface area contributed by atoms with Gasteiger partial charge in [0, 0.05) is 7.11 Å². The molecular weight excluding hydrogens is 172 g/mol. The summed E-state index contributed by atoms with van der Waals surface area (Å²) in [5.41, 5.74) is -0.434. The highest BCUT2D eigenvalue weighted by Crippen LogP contribution is 2.35. The van der Waals surface area contributed by atoms with Gasteiger partial charge in [-0.25, -0.2) is 0 Å². The number of hydrogen-bond acceptors (Lipinski definition) is 4. The van der Waals surface area contributed by atoms with Crippen molar-refractivity contribution in [3.63, 3.8) is 0 Å². The lowest BCUT2D eigenvalue weighted by molar-refractivity contribution is -0.0352. The van der Waals surface area contributed by atoms with Gasteiger partial charge >= 0.3 is 0 Å². The van der Waals surface area contributed by atoms with Crippen LogP contribution in [0.5, 0.6) is 0 Å². The van der Waals surface area contributed by atoms with E-state index in [1.54, 1.807) is 7.11 Å². The largest absolute Gasteiger partial charge is 0.384 e. The van der Waals surface area contributed by atoms with Crippen LogP contribution in [0.3, 0.4) is 0 Å². The molecule has 1 aliphatic rings. The Morgan fingerprint density at radius 3 is 3.00 bits per heavy atom. The Morgan fingerprint density at radius 1 is 1.62 bits per heavy atom. The first-order valence-corrected chi connectivity index (χ1v) is 4.08. The summed E-state index contributed by atoms with van der Waals surface area (Å²) in [7, 11) is 1.57. The van der Waals surface area contributed by atoms with E-state index in [4.69, 9.17) is 19.3 Å². The molecule has 0 radical (unpaired) electrons. The van der Waals surface area contributed by atoms with Crippen LogP contribution < -0.4 is 0 Å². The van der Waals surface area contributed by atoms with Crippen LogP contribution in [0.15, 0.2) is 0 Å². The quantitative estimate of drug-likeness (QED) is 0.285. The predicted octanol–water partition coefficient (Wildman–Crippen LogP) is -0.240. The van der Waals surface area contributed by atoms with Crippen molar-refractivity contribution in [1.29, 1.82) is 0 Å². The van der Waals surface area contributed by atoms with Crippen molar-refractivity contribution in [3.8, 4) is 11.8 Å². The van der Waals surface area contributed by atoms with Crippen LogP contribution in [0.2, 0.25) is 0 Å². The molecule has 1 heterocycles. The van der Waals surface area contributed by atoms with E-state index in [0.717, 1.165) is 0 Å². The zero-order valence-corrected chi connectivity index (χ0v) is 7.87. The van der Waals surface area contributed by atoms with Crippen LogP contribution in [0.25, 0.3) is 0 Å². The van der Waals surface area contributed by atoms with E-state index in [-0.39, 0.29) is 19.5 Å². The zero-order valence-electron chi connectivity index (χ0n) is 7.87. The molecule has 2 atom stereocenters. The molecule has 0 aromatic rings. The highest BCUT2D eigenvalue weighted by Gasteiger charge is 2.51. The molecule has 1 fully saturated rings. The summed E-state index contributed by atoms with van der Waals surface area (Å²) in [5, 5.41) is 8.48. The molecule has 0 amide bonds. The van der Waals surface area contributed by atoms with Crippen molar-refractivity contribution in [2.24, 2.45) is 0 Å². The van der Waals surface area contributed by atoms with Crippen LogP contribution in [0.4, 0.5) is 0 Å². The number of aliphatic hydroxyl groups is 1. The topological polar surface area (TPSA) is 51.2 Å². The smallest absolute Gasteiger partial charge is 0.154 e. The number of methoxy groups -OCH3 is 1. The van der Waals surface area contributed by atoms with E-state index >= 15 is 0 Å². The van der Waals surface area contributed by atoms with Crippen molar-refractivity contribution in [2.45, 2.75) is 18.6 Å². The van der Waals surface area contributed by atoms with Crippen molar-refractivity contribution in [3.05, 3.63) is 0 Å². The summed E-state index contributed by atoms with van der Waals surface area (Å²) in [4.78, 5) is 0. The van der Waals surface area contributed by atoms with Gasteiger partial charge in [-0.15, -0.1) is 0 Å². The minimum atomic E-state index is -0.434. The molecule has 13 heavy (non-hydrogen) atoms. The van der Waals surface area contributed by atoms with Crippen LogP contribution in [-0.2, 0) is 14.2 Å². The Morgan fingerprint density at radius 2 is 2.38 bits per heavy atom. The molecule has 0 bridgehead atoms. The average molecular weight is 186 g/mol. The third-order valence-corrected chi connectivity index (χ3v) is 1.83. The molecule has 0 spiro atoms. The van der Waals surface area contributed by atoms with Crippen LogP contribution in [0.1, 0.15) is 6.92 Å². The first kappa shape index (κ1) is 10.5. The summed E-state index contributed by atoms with van der Waals surface area (Å²) in [6, 6.07) is 0. The molecule has 1 aliphatic heterocycles. The first-order chi connectivity index (χ1) is 6.23. The van der Waals surface area contributed by atoms with Crippen LogP contribution >= 0.6 is 0 Å². The second-order valence-corrected chi connectivity index (χ2v) is 2.95. The summed E-state index contributed by atoms with van der Waals surface area (Å²) in [6.45, 7) is 2.48. The Kier molecular flexibility index (Phi) is 3.70.